The summed E-state index contributed by atoms with van der Waals surface area (Å²) in [6.07, 6.45) is 0.0295. The minimum atomic E-state index is -2.19. The molecule has 82 valence electrons. The van der Waals surface area contributed by atoms with E-state index in [0.29, 0.717) is 11.5 Å². The maximum atomic E-state index is 12.1. The van der Waals surface area contributed by atoms with Gasteiger partial charge in [0, 0.05) is 19.1 Å². The van der Waals surface area contributed by atoms with Crippen LogP contribution in [-0.4, -0.2) is 56.0 Å². The molecule has 0 radical (unpaired) electrons. The summed E-state index contributed by atoms with van der Waals surface area (Å²) in [4.78, 5) is 4.11. The zero-order chi connectivity index (χ0) is 10.3. The normalized spacial score (nSPS) is 27.0. The molecule has 1 spiro atoms. The molecule has 2 rings (SSSR count). The van der Waals surface area contributed by atoms with Crippen molar-refractivity contribution in [1.82, 2.24) is 9.80 Å². The highest BCUT2D eigenvalue weighted by Crippen LogP contribution is 2.49. The molecule has 1 saturated heterocycles. The maximum Gasteiger partial charge on any atom is 0.251 e. The van der Waals surface area contributed by atoms with Crippen LogP contribution in [0.2, 0.25) is 0 Å². The first-order valence-corrected chi connectivity index (χ1v) is 5.18. The van der Waals surface area contributed by atoms with Gasteiger partial charge in [0.05, 0.1) is 6.54 Å². The molecule has 1 saturated carbocycles. The van der Waals surface area contributed by atoms with Crippen LogP contribution in [0.15, 0.2) is 0 Å². The Morgan fingerprint density at radius 1 is 1.43 bits per heavy atom. The number of nitrogens with zero attached hydrogens (tertiary/aromatic N) is 2. The van der Waals surface area contributed by atoms with Gasteiger partial charge >= 0.3 is 0 Å². The molecule has 0 unspecified atom stereocenters. The zero-order valence-electron chi connectivity index (χ0n) is 8.84. The van der Waals surface area contributed by atoms with Gasteiger partial charge in [0.2, 0.25) is 0 Å². The highest BCUT2D eigenvalue weighted by atomic mass is 19.3. The Bertz CT molecular complexity index is 206. The second-order valence-electron chi connectivity index (χ2n) is 5.07. The molecule has 0 N–H and O–H groups in total. The van der Waals surface area contributed by atoms with Gasteiger partial charge in [0.15, 0.2) is 0 Å². The van der Waals surface area contributed by atoms with Gasteiger partial charge in [0.25, 0.3) is 6.43 Å². The van der Waals surface area contributed by atoms with Crippen molar-refractivity contribution in [1.29, 1.82) is 0 Å². The lowest BCUT2D eigenvalue weighted by Gasteiger charge is -2.60. The van der Waals surface area contributed by atoms with Gasteiger partial charge in [-0.05, 0) is 32.4 Å². The van der Waals surface area contributed by atoms with Gasteiger partial charge in [-0.1, -0.05) is 0 Å². The Morgan fingerprint density at radius 3 is 2.43 bits per heavy atom. The van der Waals surface area contributed by atoms with E-state index in [1.165, 1.54) is 0 Å². The van der Waals surface area contributed by atoms with Crippen molar-refractivity contribution < 1.29 is 8.78 Å². The van der Waals surface area contributed by atoms with E-state index in [4.69, 9.17) is 0 Å². The standard InChI is InChI=1S/C10H18F2N2/c1-13-6-10(7-13)3-8(4-10)14(2)5-9(11)12/h8-9H,3-7H2,1-2H3. The molecule has 2 fully saturated rings. The lowest BCUT2D eigenvalue weighted by molar-refractivity contribution is -0.0998. The topological polar surface area (TPSA) is 6.48 Å². The highest BCUT2D eigenvalue weighted by Gasteiger charge is 2.52. The largest absolute Gasteiger partial charge is 0.305 e. The fourth-order valence-electron chi connectivity index (χ4n) is 2.98. The number of hydrogen-bond donors (Lipinski definition) is 0. The molecule has 0 bridgehead atoms. The molecule has 2 aliphatic rings. The number of alkyl halides is 2. The molecule has 1 heterocycles. The molecule has 1 aliphatic carbocycles. The van der Waals surface area contributed by atoms with Crippen LogP contribution >= 0.6 is 0 Å². The third kappa shape index (κ3) is 1.77. The molecule has 4 heteroatoms. The Labute approximate surface area is 83.9 Å². The van der Waals surface area contributed by atoms with E-state index in [0.717, 1.165) is 25.9 Å². The van der Waals surface area contributed by atoms with E-state index < -0.39 is 6.43 Å². The van der Waals surface area contributed by atoms with Gasteiger partial charge in [-0.15, -0.1) is 0 Å². The average molecular weight is 204 g/mol. The van der Waals surface area contributed by atoms with Crippen molar-refractivity contribution in [3.63, 3.8) is 0 Å². The van der Waals surface area contributed by atoms with Crippen LogP contribution in [0, 0.1) is 5.41 Å². The summed E-state index contributed by atoms with van der Waals surface area (Å²) in [5, 5.41) is 0. The minimum absolute atomic E-state index is 0.0728. The van der Waals surface area contributed by atoms with Crippen molar-refractivity contribution in [3.05, 3.63) is 0 Å². The molecule has 1 aliphatic heterocycles. The monoisotopic (exact) mass is 204 g/mol. The van der Waals surface area contributed by atoms with E-state index in [1.807, 2.05) is 11.9 Å². The molecule has 14 heavy (non-hydrogen) atoms. The van der Waals surface area contributed by atoms with Gasteiger partial charge in [-0.3, -0.25) is 4.90 Å². The van der Waals surface area contributed by atoms with Crippen molar-refractivity contribution in [2.45, 2.75) is 25.3 Å². The Hall–Kier alpha value is -0.220. The van der Waals surface area contributed by atoms with Gasteiger partial charge in [-0.25, -0.2) is 8.78 Å². The molecule has 2 nitrogen and oxygen atoms in total. The quantitative estimate of drug-likeness (QED) is 0.683. The first-order chi connectivity index (χ1) is 6.51. The molecular weight excluding hydrogens is 186 g/mol. The van der Waals surface area contributed by atoms with Gasteiger partial charge < -0.3 is 4.90 Å². The van der Waals surface area contributed by atoms with Crippen LogP contribution in [0.5, 0.6) is 0 Å². The molecule has 0 amide bonds. The van der Waals surface area contributed by atoms with E-state index in [9.17, 15) is 8.78 Å². The van der Waals surface area contributed by atoms with Crippen LogP contribution < -0.4 is 0 Å². The fourth-order valence-corrected chi connectivity index (χ4v) is 2.98. The van der Waals surface area contributed by atoms with Gasteiger partial charge in [0.1, 0.15) is 0 Å². The van der Waals surface area contributed by atoms with Gasteiger partial charge in [-0.2, -0.15) is 0 Å². The Kier molecular flexibility index (Phi) is 2.52. The second-order valence-corrected chi connectivity index (χ2v) is 5.07. The summed E-state index contributed by atoms with van der Waals surface area (Å²) in [5.74, 6) is 0. The van der Waals surface area contributed by atoms with Crippen LogP contribution in [0.25, 0.3) is 0 Å². The second kappa shape index (κ2) is 3.42. The number of rotatable bonds is 3. The maximum absolute atomic E-state index is 12.1. The van der Waals surface area contributed by atoms with Crippen LogP contribution in [-0.2, 0) is 0 Å². The van der Waals surface area contributed by atoms with E-state index in [2.05, 4.69) is 11.9 Å². The van der Waals surface area contributed by atoms with E-state index in [1.54, 1.807) is 0 Å². The summed E-state index contributed by atoms with van der Waals surface area (Å²) in [7, 11) is 3.92. The van der Waals surface area contributed by atoms with Crippen molar-refractivity contribution in [2.75, 3.05) is 33.7 Å². The lowest BCUT2D eigenvalue weighted by atomic mass is 9.60. The van der Waals surface area contributed by atoms with Crippen molar-refractivity contribution >= 4 is 0 Å². The number of halogens is 2. The lowest BCUT2D eigenvalue weighted by Crippen LogP contribution is -2.65. The Morgan fingerprint density at radius 2 is 2.00 bits per heavy atom. The third-order valence-corrected chi connectivity index (χ3v) is 3.60. The summed E-state index contributed by atoms with van der Waals surface area (Å²) in [5.41, 5.74) is 0.496. The molecule has 0 atom stereocenters. The summed E-state index contributed by atoms with van der Waals surface area (Å²) in [6.45, 7) is 2.24. The number of hydrogen-bond acceptors (Lipinski definition) is 2. The third-order valence-electron chi connectivity index (χ3n) is 3.60. The first-order valence-electron chi connectivity index (χ1n) is 5.18. The zero-order valence-corrected chi connectivity index (χ0v) is 8.84. The number of likely N-dealkylation sites (tertiary alicyclic amines) is 1. The molecule has 0 aromatic rings. The van der Waals surface area contributed by atoms with Crippen molar-refractivity contribution in [2.24, 2.45) is 5.41 Å². The van der Waals surface area contributed by atoms with E-state index in [-0.39, 0.29) is 6.54 Å². The van der Waals surface area contributed by atoms with E-state index >= 15 is 0 Å². The molecular formula is C10H18F2N2. The molecule has 0 aromatic heterocycles. The summed E-state index contributed by atoms with van der Waals surface area (Å²) in [6, 6.07) is 0.401. The highest BCUT2D eigenvalue weighted by molar-refractivity contribution is 5.06. The summed E-state index contributed by atoms with van der Waals surface area (Å²) >= 11 is 0. The Balaban J connectivity index is 1.72. The average Bonchev–Trinajstić information content (AvgIpc) is 1.91. The SMILES string of the molecule is CN1CC2(CC(N(C)CC(F)F)C2)C1. The first kappa shape index (κ1) is 10.3. The predicted octanol–water partition coefficient (Wildman–Crippen LogP) is 1.28. The predicted molar refractivity (Wildman–Crippen MR) is 51.6 cm³/mol. The van der Waals surface area contributed by atoms with Crippen molar-refractivity contribution in [3.8, 4) is 0 Å². The molecule has 0 aromatic carbocycles. The van der Waals surface area contributed by atoms with Crippen LogP contribution in [0.4, 0.5) is 8.78 Å². The van der Waals surface area contributed by atoms with Crippen LogP contribution in [0.1, 0.15) is 12.8 Å². The smallest absolute Gasteiger partial charge is 0.251 e. The summed E-state index contributed by atoms with van der Waals surface area (Å²) < 4.78 is 24.2. The minimum Gasteiger partial charge on any atom is -0.305 e. The fraction of sp³-hybridized carbons (Fsp3) is 1.00. The van der Waals surface area contributed by atoms with Crippen LogP contribution in [0.3, 0.4) is 0 Å².